The molecule has 0 aromatic carbocycles. The summed E-state index contributed by atoms with van der Waals surface area (Å²) in [5.41, 5.74) is -1.24. The molecule has 5 nitrogen and oxygen atoms in total. The Morgan fingerprint density at radius 3 is 2.78 bits per heavy atom. The molecule has 0 saturated carbocycles. The van der Waals surface area contributed by atoms with Crippen molar-refractivity contribution in [3.63, 3.8) is 0 Å². The van der Waals surface area contributed by atoms with Gasteiger partial charge in [-0.2, -0.15) is 18.3 Å². The Kier molecular flexibility index (Phi) is 3.33. The number of thioether (sulfide) groups is 1. The van der Waals surface area contributed by atoms with Gasteiger partial charge in [0.1, 0.15) is 5.69 Å². The number of halogens is 3. The zero-order valence-corrected chi connectivity index (χ0v) is 10.1. The number of amides is 1. The fraction of sp³-hybridized carbons (Fsp3) is 0.444. The molecule has 1 aromatic rings. The second-order valence-electron chi connectivity index (χ2n) is 3.53. The third-order valence-electron chi connectivity index (χ3n) is 2.21. The van der Waals surface area contributed by atoms with E-state index >= 15 is 0 Å². The van der Waals surface area contributed by atoms with Crippen LogP contribution in [0, 0.1) is 0 Å². The number of nitrogens with one attached hydrogen (secondary N) is 1. The first-order chi connectivity index (χ1) is 8.38. The summed E-state index contributed by atoms with van der Waals surface area (Å²) in [5.74, 6) is 0.0697. The summed E-state index contributed by atoms with van der Waals surface area (Å²) in [4.78, 5) is 15.6. The normalized spacial score (nSPS) is 15.7. The number of alkyl halides is 3. The second-order valence-corrected chi connectivity index (χ2v) is 4.61. The van der Waals surface area contributed by atoms with Gasteiger partial charge in [0.05, 0.1) is 6.54 Å². The Hall–Kier alpha value is -1.51. The predicted octanol–water partition coefficient (Wildman–Crippen LogP) is 1.27. The number of aryl methyl sites for hydroxylation is 1. The summed E-state index contributed by atoms with van der Waals surface area (Å²) in [6.07, 6.45) is -4.53. The van der Waals surface area contributed by atoms with E-state index in [-0.39, 0.29) is 5.69 Å². The largest absolute Gasteiger partial charge is 0.433 e. The van der Waals surface area contributed by atoms with Crippen molar-refractivity contribution in [3.8, 4) is 0 Å². The van der Waals surface area contributed by atoms with Crippen molar-refractivity contribution in [2.24, 2.45) is 12.0 Å². The monoisotopic (exact) mass is 278 g/mol. The van der Waals surface area contributed by atoms with Crippen LogP contribution in [0.4, 0.5) is 13.2 Å². The lowest BCUT2D eigenvalue weighted by atomic mass is 10.3. The summed E-state index contributed by atoms with van der Waals surface area (Å²) in [5, 5.41) is 6.37. The van der Waals surface area contributed by atoms with Gasteiger partial charge in [-0.05, 0) is 0 Å². The van der Waals surface area contributed by atoms with Gasteiger partial charge in [-0.1, -0.05) is 11.8 Å². The van der Waals surface area contributed by atoms with Crippen molar-refractivity contribution in [1.82, 2.24) is 15.1 Å². The highest BCUT2D eigenvalue weighted by molar-refractivity contribution is 8.14. The number of rotatable bonds is 1. The quantitative estimate of drug-likeness (QED) is 0.841. The Morgan fingerprint density at radius 1 is 1.56 bits per heavy atom. The van der Waals surface area contributed by atoms with E-state index in [1.54, 1.807) is 0 Å². The molecule has 1 aliphatic heterocycles. The Labute approximate surface area is 104 Å². The molecule has 1 amide bonds. The molecule has 2 rings (SSSR count). The van der Waals surface area contributed by atoms with Crippen LogP contribution in [0.3, 0.4) is 0 Å². The molecule has 1 N–H and O–H groups in total. The van der Waals surface area contributed by atoms with Gasteiger partial charge < -0.3 is 0 Å². The van der Waals surface area contributed by atoms with Crippen molar-refractivity contribution >= 4 is 22.8 Å². The minimum Gasteiger partial charge on any atom is -0.300 e. The SMILES string of the molecule is Cn1nc(C(=O)NC2=NCCS2)cc1C(F)(F)F. The van der Waals surface area contributed by atoms with Crippen LogP contribution in [0.1, 0.15) is 16.2 Å². The van der Waals surface area contributed by atoms with Crippen LogP contribution in [0.5, 0.6) is 0 Å². The van der Waals surface area contributed by atoms with E-state index in [9.17, 15) is 18.0 Å². The third-order valence-corrected chi connectivity index (χ3v) is 3.10. The van der Waals surface area contributed by atoms with Crippen LogP contribution in [0.25, 0.3) is 0 Å². The maximum atomic E-state index is 12.5. The minimum absolute atomic E-state index is 0.278. The first-order valence-electron chi connectivity index (χ1n) is 4.98. The highest BCUT2D eigenvalue weighted by atomic mass is 32.2. The number of carbonyl (C=O) groups excluding carboxylic acids is 1. The molecular formula is C9H9F3N4OS. The number of carbonyl (C=O) groups is 1. The maximum absolute atomic E-state index is 12.5. The van der Waals surface area contributed by atoms with Crippen LogP contribution in [-0.2, 0) is 13.2 Å². The van der Waals surface area contributed by atoms with Crippen LogP contribution >= 0.6 is 11.8 Å². The molecule has 0 radical (unpaired) electrons. The molecular weight excluding hydrogens is 269 g/mol. The van der Waals surface area contributed by atoms with Crippen molar-refractivity contribution in [1.29, 1.82) is 0 Å². The third kappa shape index (κ3) is 2.66. The number of nitrogens with zero attached hydrogens (tertiary/aromatic N) is 3. The lowest BCUT2D eigenvalue weighted by Gasteiger charge is -2.04. The standard InChI is InChI=1S/C9H9F3N4OS/c1-16-6(9(10,11)12)4-5(15-16)7(17)14-8-13-2-3-18-8/h4H,2-3H2,1H3,(H,13,14,17). The van der Waals surface area contributed by atoms with Gasteiger partial charge in [0.25, 0.3) is 5.91 Å². The van der Waals surface area contributed by atoms with Gasteiger partial charge in [0.15, 0.2) is 10.9 Å². The summed E-state index contributed by atoms with van der Waals surface area (Å²) in [6.45, 7) is 0.594. The summed E-state index contributed by atoms with van der Waals surface area (Å²) < 4.78 is 38.2. The fourth-order valence-electron chi connectivity index (χ4n) is 1.42. The summed E-state index contributed by atoms with van der Waals surface area (Å²) in [6, 6.07) is 0.718. The smallest absolute Gasteiger partial charge is 0.300 e. The first-order valence-corrected chi connectivity index (χ1v) is 5.96. The number of aliphatic imine (C=N–C) groups is 1. The van der Waals surface area contributed by atoms with Crippen LogP contribution in [0.2, 0.25) is 0 Å². The number of hydrogen-bond donors (Lipinski definition) is 1. The van der Waals surface area contributed by atoms with E-state index in [1.165, 1.54) is 11.8 Å². The van der Waals surface area contributed by atoms with E-state index in [4.69, 9.17) is 0 Å². The number of hydrogen-bond acceptors (Lipinski definition) is 4. The molecule has 0 atom stereocenters. The molecule has 1 aliphatic rings. The van der Waals surface area contributed by atoms with Gasteiger partial charge in [-0.25, -0.2) is 0 Å². The van der Waals surface area contributed by atoms with E-state index in [0.29, 0.717) is 16.4 Å². The summed E-state index contributed by atoms with van der Waals surface area (Å²) >= 11 is 1.34. The second kappa shape index (κ2) is 4.63. The molecule has 0 fully saturated rings. The molecule has 0 spiro atoms. The average Bonchev–Trinajstić information content (AvgIpc) is 2.85. The Balaban J connectivity index is 2.16. The Morgan fingerprint density at radius 2 is 2.28 bits per heavy atom. The van der Waals surface area contributed by atoms with Crippen LogP contribution < -0.4 is 5.32 Å². The number of aromatic nitrogens is 2. The van der Waals surface area contributed by atoms with Crippen molar-refractivity contribution < 1.29 is 18.0 Å². The van der Waals surface area contributed by atoms with Gasteiger partial charge in [-0.15, -0.1) is 0 Å². The van der Waals surface area contributed by atoms with Crippen LogP contribution in [0.15, 0.2) is 11.1 Å². The van der Waals surface area contributed by atoms with E-state index < -0.39 is 17.8 Å². The Bertz CT molecular complexity index is 508. The van der Waals surface area contributed by atoms with Gasteiger partial charge >= 0.3 is 6.18 Å². The molecule has 0 unspecified atom stereocenters. The molecule has 0 bridgehead atoms. The van der Waals surface area contributed by atoms with E-state index in [0.717, 1.165) is 18.9 Å². The topological polar surface area (TPSA) is 59.3 Å². The predicted molar refractivity (Wildman–Crippen MR) is 60.4 cm³/mol. The number of amidine groups is 1. The molecule has 18 heavy (non-hydrogen) atoms. The first kappa shape index (κ1) is 12.9. The fourth-order valence-corrected chi connectivity index (χ4v) is 2.14. The zero-order chi connectivity index (χ0) is 13.3. The van der Waals surface area contributed by atoms with Crippen LogP contribution in [-0.4, -0.2) is 33.2 Å². The van der Waals surface area contributed by atoms with E-state index in [1.807, 2.05) is 0 Å². The highest BCUT2D eigenvalue weighted by Crippen LogP contribution is 2.29. The summed E-state index contributed by atoms with van der Waals surface area (Å²) in [7, 11) is 1.14. The van der Waals surface area contributed by atoms with E-state index in [2.05, 4.69) is 15.4 Å². The maximum Gasteiger partial charge on any atom is 0.433 e. The van der Waals surface area contributed by atoms with Crippen molar-refractivity contribution in [2.45, 2.75) is 6.18 Å². The van der Waals surface area contributed by atoms with Crippen molar-refractivity contribution in [3.05, 3.63) is 17.5 Å². The van der Waals surface area contributed by atoms with Gasteiger partial charge in [0, 0.05) is 18.9 Å². The average molecular weight is 278 g/mol. The van der Waals surface area contributed by atoms with Gasteiger partial charge in [-0.3, -0.25) is 19.8 Å². The minimum atomic E-state index is -4.53. The van der Waals surface area contributed by atoms with Crippen molar-refractivity contribution in [2.75, 3.05) is 12.3 Å². The zero-order valence-electron chi connectivity index (χ0n) is 9.28. The molecule has 1 aromatic heterocycles. The highest BCUT2D eigenvalue weighted by Gasteiger charge is 2.35. The molecule has 0 saturated heterocycles. The lowest BCUT2D eigenvalue weighted by molar-refractivity contribution is -0.143. The van der Waals surface area contributed by atoms with Gasteiger partial charge in [0.2, 0.25) is 0 Å². The lowest BCUT2D eigenvalue weighted by Crippen LogP contribution is -2.27. The molecule has 98 valence electrons. The molecule has 2 heterocycles. The molecule has 0 aliphatic carbocycles. The molecule has 9 heteroatoms.